The number of nitrogens with one attached hydrogen (secondary N) is 2. The number of ether oxygens (including phenoxy) is 10. The maximum Gasteiger partial charge on any atom is 0.364 e. The van der Waals surface area contributed by atoms with E-state index < -0.39 is 241 Å². The molecule has 590 valence electrons. The van der Waals surface area contributed by atoms with E-state index >= 15 is 0 Å². The van der Waals surface area contributed by atoms with Crippen LogP contribution in [0.5, 0.6) is 0 Å². The summed E-state index contributed by atoms with van der Waals surface area (Å²) in [6, 6.07) is -2.80. The van der Waals surface area contributed by atoms with Crippen LogP contribution in [0, 0.1) is 5.92 Å². The minimum absolute atomic E-state index is 0.159. The molecule has 0 aromatic heterocycles. The molecule has 5 aliphatic rings. The third kappa shape index (κ3) is 26.2. The summed E-state index contributed by atoms with van der Waals surface area (Å²) >= 11 is 0. The summed E-state index contributed by atoms with van der Waals surface area (Å²) in [5.74, 6) is -9.03. The number of ketones is 1. The Bertz CT molecular complexity index is 2340. The fraction of sp³-hybridized carbons (Fsp3) is 0.941. The van der Waals surface area contributed by atoms with Gasteiger partial charge in [0.15, 0.2) is 25.2 Å². The third-order valence-corrected chi connectivity index (χ3v) is 19.7. The molecule has 0 radical (unpaired) electrons. The van der Waals surface area contributed by atoms with Crippen LogP contribution in [0.4, 0.5) is 0 Å². The Labute approximate surface area is 591 Å². The molecule has 0 spiro atoms. The Morgan fingerprint density at radius 2 is 0.970 bits per heavy atom. The molecule has 0 aliphatic carbocycles. The molecule has 33 nitrogen and oxygen atoms in total. The minimum Gasteiger partial charge on any atom is -0.477 e. The van der Waals surface area contributed by atoms with E-state index in [1.54, 1.807) is 0 Å². The fourth-order valence-electron chi connectivity index (χ4n) is 13.8. The van der Waals surface area contributed by atoms with Gasteiger partial charge in [-0.25, -0.2) is 4.79 Å². The van der Waals surface area contributed by atoms with Gasteiger partial charge in [-0.15, -0.1) is 0 Å². The molecule has 19 N–H and O–H groups in total. The number of Topliss-reactive ketones (excluding diaryl/α,β-unsaturated/α-hetero) is 1. The highest BCUT2D eigenvalue weighted by Crippen LogP contribution is 2.42. The van der Waals surface area contributed by atoms with Gasteiger partial charge in [-0.1, -0.05) is 149 Å². The number of aliphatic carboxylic acids is 1. The lowest BCUT2D eigenvalue weighted by molar-refractivity contribution is -0.406. The first kappa shape index (κ1) is 88.7. The molecule has 101 heavy (non-hydrogen) atoms. The van der Waals surface area contributed by atoms with Gasteiger partial charge in [0, 0.05) is 32.1 Å². The maximum absolute atomic E-state index is 13.8. The molecule has 28 atom stereocenters. The number of carbonyl (C=O) groups is 4. The minimum atomic E-state index is -3.36. The van der Waals surface area contributed by atoms with Crippen molar-refractivity contribution in [2.24, 2.45) is 5.92 Å². The van der Waals surface area contributed by atoms with E-state index in [0.29, 0.717) is 12.8 Å². The Kier molecular flexibility index (Phi) is 40.1. The summed E-state index contributed by atoms with van der Waals surface area (Å²) in [5, 5.41) is 194. The van der Waals surface area contributed by atoms with Crippen molar-refractivity contribution in [3.63, 3.8) is 0 Å². The normalized spacial score (nSPS) is 35.9. The lowest BCUT2D eigenvalue weighted by Crippen LogP contribution is -2.71. The SMILES string of the molecule is CCCCCCCCCCCCCCCC(O)C(COC1OC(CO)C(OC2OC(CO)C(OC3OC(CO)C(O)C(OC4OC(CO)C(O)C(O)C4O)C3CC(C)=O)C(OC3(C(=O)O)CC(O)C(NC(C)=O)C(C(O)C(O)CO)O3)C2O)C(O)C1O)NC(=O)CCCCCCCCCCC. The van der Waals surface area contributed by atoms with Gasteiger partial charge in [0.25, 0.3) is 5.79 Å². The second kappa shape index (κ2) is 45.6. The number of aliphatic hydroxyl groups is 16. The molecule has 0 saturated carbocycles. The van der Waals surface area contributed by atoms with Crippen molar-refractivity contribution in [1.82, 2.24) is 10.6 Å². The lowest BCUT2D eigenvalue weighted by Gasteiger charge is -2.52. The molecule has 5 rings (SSSR count). The highest BCUT2D eigenvalue weighted by molar-refractivity contribution is 5.77. The second-order valence-corrected chi connectivity index (χ2v) is 27.9. The van der Waals surface area contributed by atoms with Crippen molar-refractivity contribution in [3.8, 4) is 0 Å². The van der Waals surface area contributed by atoms with E-state index in [4.69, 9.17) is 47.4 Å². The van der Waals surface area contributed by atoms with Crippen molar-refractivity contribution >= 4 is 23.6 Å². The van der Waals surface area contributed by atoms with E-state index in [9.17, 15) is 106 Å². The first-order valence-corrected chi connectivity index (χ1v) is 36.6. The molecule has 5 aliphatic heterocycles. The zero-order valence-electron chi connectivity index (χ0n) is 59.0. The molecule has 5 saturated heterocycles. The third-order valence-electron chi connectivity index (χ3n) is 19.7. The van der Waals surface area contributed by atoms with Gasteiger partial charge in [-0.3, -0.25) is 9.59 Å². The quantitative estimate of drug-likeness (QED) is 0.0291. The first-order chi connectivity index (χ1) is 48.3. The standard InChI is InChI=1S/C68H122N2O31/c1-5-7-9-11-13-15-16-17-18-20-21-23-25-27-41(78)40(70-48(81)28-26-24-22-19-14-12-10-8-6-2)36-92-64-56(88)54(86)59(46(34-74)95-64)98-66-57(89)62(101-68(67(90)91)30-42(79)49(69-38(4)77)61(100-68)50(82)43(80)31-71)60(47(35-75)96-66)99-63-39(29-37(3)76)58(52(84)45(33-73)93-63)97-65-55(87)53(85)51(83)44(32-72)94-65/h39-47,49-66,71-75,78-80,82-89H,5-36H2,1-4H3,(H,69,77)(H,70,81)(H,90,91). The van der Waals surface area contributed by atoms with Crippen LogP contribution in [0.25, 0.3) is 0 Å². The molecule has 28 unspecified atom stereocenters. The van der Waals surface area contributed by atoms with Gasteiger partial charge >= 0.3 is 5.97 Å². The number of unbranched alkanes of at least 4 members (excludes halogenated alkanes) is 20. The summed E-state index contributed by atoms with van der Waals surface area (Å²) in [4.78, 5) is 52.9. The van der Waals surface area contributed by atoms with Crippen LogP contribution in [0.3, 0.4) is 0 Å². The second-order valence-electron chi connectivity index (χ2n) is 27.9. The van der Waals surface area contributed by atoms with Gasteiger partial charge in [0.1, 0.15) is 110 Å². The van der Waals surface area contributed by atoms with Crippen molar-refractivity contribution in [3.05, 3.63) is 0 Å². The highest BCUT2D eigenvalue weighted by Gasteiger charge is 2.62. The number of hydrogen-bond donors (Lipinski definition) is 19. The topological polar surface area (TPSA) is 529 Å². The van der Waals surface area contributed by atoms with Crippen LogP contribution in [0.1, 0.15) is 195 Å². The lowest BCUT2D eigenvalue weighted by atomic mass is 9.86. The van der Waals surface area contributed by atoms with Crippen LogP contribution in [0.15, 0.2) is 0 Å². The number of carbonyl (C=O) groups excluding carboxylic acids is 3. The number of rotatable bonds is 48. The van der Waals surface area contributed by atoms with E-state index in [1.807, 2.05) is 0 Å². The first-order valence-electron chi connectivity index (χ1n) is 36.6. The Hall–Kier alpha value is -2.96. The Morgan fingerprint density at radius 3 is 1.50 bits per heavy atom. The van der Waals surface area contributed by atoms with Crippen LogP contribution in [-0.4, -0.2) is 315 Å². The van der Waals surface area contributed by atoms with Gasteiger partial charge in [0.2, 0.25) is 11.8 Å². The Morgan fingerprint density at radius 1 is 0.505 bits per heavy atom. The average molecular weight is 1460 g/mol. The smallest absolute Gasteiger partial charge is 0.364 e. The van der Waals surface area contributed by atoms with Crippen molar-refractivity contribution < 1.29 is 153 Å². The molecule has 0 aromatic rings. The predicted octanol–water partition coefficient (Wildman–Crippen LogP) is -2.07. The van der Waals surface area contributed by atoms with Crippen LogP contribution >= 0.6 is 0 Å². The molecule has 0 aromatic carbocycles. The summed E-state index contributed by atoms with van der Waals surface area (Å²) in [7, 11) is 0. The molecule has 33 heteroatoms. The fourth-order valence-corrected chi connectivity index (χ4v) is 13.8. The number of carboxylic acids is 1. The largest absolute Gasteiger partial charge is 0.477 e. The molecular formula is C68H122N2O31. The van der Waals surface area contributed by atoms with Gasteiger partial charge in [0.05, 0.1) is 70.0 Å². The zero-order chi connectivity index (χ0) is 74.5. The van der Waals surface area contributed by atoms with E-state index in [-0.39, 0.29) is 18.7 Å². The molecule has 5 heterocycles. The molecule has 5 fully saturated rings. The van der Waals surface area contributed by atoms with Gasteiger partial charge in [-0.2, -0.15) is 0 Å². The summed E-state index contributed by atoms with van der Waals surface area (Å²) in [6.07, 6.45) is -26.3. The Balaban J connectivity index is 1.43. The van der Waals surface area contributed by atoms with Crippen LogP contribution in [0.2, 0.25) is 0 Å². The number of carboxylic acid groups (broad SMARTS) is 1. The average Bonchev–Trinajstić information content (AvgIpc) is 0.752. The number of amides is 2. The van der Waals surface area contributed by atoms with Gasteiger partial charge < -0.3 is 150 Å². The summed E-state index contributed by atoms with van der Waals surface area (Å²) in [5.41, 5.74) is 0. The van der Waals surface area contributed by atoms with Crippen molar-refractivity contribution in [2.45, 2.75) is 360 Å². The predicted molar refractivity (Wildman–Crippen MR) is 352 cm³/mol. The maximum atomic E-state index is 13.8. The monoisotopic (exact) mass is 1460 g/mol. The van der Waals surface area contributed by atoms with E-state index in [0.717, 1.165) is 84.5 Å². The van der Waals surface area contributed by atoms with Crippen LogP contribution in [-0.2, 0) is 66.5 Å². The summed E-state index contributed by atoms with van der Waals surface area (Å²) < 4.78 is 60.3. The van der Waals surface area contributed by atoms with Crippen molar-refractivity contribution in [1.29, 1.82) is 0 Å². The zero-order valence-corrected chi connectivity index (χ0v) is 59.0. The summed E-state index contributed by atoms with van der Waals surface area (Å²) in [6.45, 7) is 0.530. The molecule has 0 bridgehead atoms. The highest BCUT2D eigenvalue weighted by atomic mass is 16.8. The van der Waals surface area contributed by atoms with E-state index in [2.05, 4.69) is 24.5 Å². The molecular weight excluding hydrogens is 1340 g/mol. The van der Waals surface area contributed by atoms with Gasteiger partial charge in [-0.05, 0) is 19.8 Å². The van der Waals surface area contributed by atoms with Crippen LogP contribution < -0.4 is 10.6 Å². The molecule has 2 amide bonds. The van der Waals surface area contributed by atoms with Crippen molar-refractivity contribution in [2.75, 3.05) is 39.6 Å². The number of hydrogen-bond acceptors (Lipinski definition) is 30. The number of aliphatic hydroxyl groups excluding tert-OH is 16. The van der Waals surface area contributed by atoms with E-state index in [1.165, 1.54) is 57.8 Å².